The van der Waals surface area contributed by atoms with E-state index < -0.39 is 0 Å². The zero-order valence-electron chi connectivity index (χ0n) is 12.2. The molecule has 0 bridgehead atoms. The molecule has 1 heterocycles. The Hall–Kier alpha value is -0.380. The number of hydrogen-bond acceptors (Lipinski definition) is 3. The second kappa shape index (κ2) is 8.72. The van der Waals surface area contributed by atoms with E-state index in [1.165, 1.54) is 57.2 Å². The maximum absolute atomic E-state index is 3.60. The van der Waals surface area contributed by atoms with Gasteiger partial charge in [0.25, 0.3) is 0 Å². The highest BCUT2D eigenvalue weighted by atomic mass is 32.1. The summed E-state index contributed by atoms with van der Waals surface area (Å²) in [5, 5.41) is 8.07. The third-order valence-electron chi connectivity index (χ3n) is 3.81. The van der Waals surface area contributed by atoms with Gasteiger partial charge in [0.05, 0.1) is 0 Å². The maximum atomic E-state index is 3.60. The van der Waals surface area contributed by atoms with Crippen molar-refractivity contribution in [3.63, 3.8) is 0 Å². The molecule has 0 aliphatic heterocycles. The topological polar surface area (TPSA) is 15.3 Å². The minimum atomic E-state index is 0.863. The van der Waals surface area contributed by atoms with Crippen molar-refractivity contribution in [3.8, 4) is 0 Å². The summed E-state index contributed by atoms with van der Waals surface area (Å²) < 4.78 is 0. The van der Waals surface area contributed by atoms with Crippen LogP contribution in [0, 0.1) is 0 Å². The van der Waals surface area contributed by atoms with Gasteiger partial charge in [-0.25, -0.2) is 0 Å². The lowest BCUT2D eigenvalue weighted by Gasteiger charge is -2.21. The van der Waals surface area contributed by atoms with Crippen LogP contribution in [0.5, 0.6) is 0 Å². The van der Waals surface area contributed by atoms with E-state index in [0.717, 1.165) is 19.1 Å². The fourth-order valence-electron chi connectivity index (χ4n) is 2.47. The summed E-state index contributed by atoms with van der Waals surface area (Å²) in [6.45, 7) is 6.95. The van der Waals surface area contributed by atoms with Gasteiger partial charge < -0.3 is 5.32 Å². The summed E-state index contributed by atoms with van der Waals surface area (Å²) in [6, 6.07) is 3.12. The van der Waals surface area contributed by atoms with Crippen LogP contribution in [0.25, 0.3) is 0 Å². The van der Waals surface area contributed by atoms with Gasteiger partial charge in [0.2, 0.25) is 0 Å². The Kier molecular flexibility index (Phi) is 6.90. The highest BCUT2D eigenvalue weighted by Gasteiger charge is 2.28. The Morgan fingerprint density at radius 1 is 1.26 bits per heavy atom. The van der Waals surface area contributed by atoms with Gasteiger partial charge >= 0.3 is 0 Å². The van der Waals surface area contributed by atoms with Gasteiger partial charge in [-0.1, -0.05) is 26.2 Å². The molecule has 1 saturated carbocycles. The molecule has 0 aromatic carbocycles. The van der Waals surface area contributed by atoms with Crippen LogP contribution in [0.3, 0.4) is 0 Å². The fourth-order valence-corrected chi connectivity index (χ4v) is 3.13. The average molecular weight is 280 g/mol. The van der Waals surface area contributed by atoms with Gasteiger partial charge in [-0.15, -0.1) is 0 Å². The smallest absolute Gasteiger partial charge is 0.0245 e. The number of nitrogens with one attached hydrogen (secondary N) is 1. The van der Waals surface area contributed by atoms with Crippen molar-refractivity contribution in [2.24, 2.45) is 0 Å². The standard InChI is InChI=1S/C16H28N2S/c1-2-3-4-5-9-17-10-11-18(16-6-7-16)13-15-8-12-19-14-15/h8,12,14,16-17H,2-7,9-11,13H2,1H3. The molecule has 0 amide bonds. The summed E-state index contributed by atoms with van der Waals surface area (Å²) in [6.07, 6.45) is 8.23. The lowest BCUT2D eigenvalue weighted by molar-refractivity contribution is 0.254. The van der Waals surface area contributed by atoms with Crippen molar-refractivity contribution in [3.05, 3.63) is 22.4 Å². The van der Waals surface area contributed by atoms with E-state index in [9.17, 15) is 0 Å². The number of nitrogens with zero attached hydrogens (tertiary/aromatic N) is 1. The molecule has 0 spiro atoms. The first-order chi connectivity index (χ1) is 9.40. The van der Waals surface area contributed by atoms with E-state index in [2.05, 4.69) is 34.0 Å². The maximum Gasteiger partial charge on any atom is 0.0245 e. The molecule has 2 rings (SSSR count). The van der Waals surface area contributed by atoms with Crippen LogP contribution >= 0.6 is 11.3 Å². The zero-order valence-corrected chi connectivity index (χ0v) is 13.1. The highest BCUT2D eigenvalue weighted by molar-refractivity contribution is 7.07. The van der Waals surface area contributed by atoms with Crippen molar-refractivity contribution in [1.82, 2.24) is 10.2 Å². The average Bonchev–Trinajstić information content (AvgIpc) is 3.14. The molecule has 108 valence electrons. The van der Waals surface area contributed by atoms with Gasteiger partial charge in [0.1, 0.15) is 0 Å². The van der Waals surface area contributed by atoms with Crippen molar-refractivity contribution in [1.29, 1.82) is 0 Å². The minimum absolute atomic E-state index is 0.863. The normalized spacial score (nSPS) is 15.3. The van der Waals surface area contributed by atoms with Crippen LogP contribution in [0.15, 0.2) is 16.8 Å². The summed E-state index contributed by atoms with van der Waals surface area (Å²) in [5.41, 5.74) is 1.49. The van der Waals surface area contributed by atoms with Crippen LogP contribution < -0.4 is 5.32 Å². The van der Waals surface area contributed by atoms with E-state index >= 15 is 0 Å². The largest absolute Gasteiger partial charge is 0.315 e. The Balaban J connectivity index is 1.56. The molecule has 1 aromatic rings. The number of hydrogen-bond donors (Lipinski definition) is 1. The van der Waals surface area contributed by atoms with Gasteiger partial charge in [0, 0.05) is 25.7 Å². The van der Waals surface area contributed by atoms with Crippen LogP contribution in [-0.2, 0) is 6.54 Å². The lowest BCUT2D eigenvalue weighted by Crippen LogP contribution is -2.33. The Morgan fingerprint density at radius 3 is 2.84 bits per heavy atom. The van der Waals surface area contributed by atoms with Crippen molar-refractivity contribution >= 4 is 11.3 Å². The van der Waals surface area contributed by atoms with Gasteiger partial charge in [-0.05, 0) is 48.2 Å². The Labute approximate surface area is 122 Å². The summed E-state index contributed by atoms with van der Waals surface area (Å²) in [7, 11) is 0. The predicted molar refractivity (Wildman–Crippen MR) is 84.8 cm³/mol. The zero-order chi connectivity index (χ0) is 13.3. The SMILES string of the molecule is CCCCCCNCCN(Cc1ccsc1)C1CC1. The molecule has 3 heteroatoms. The number of thiophene rings is 1. The van der Waals surface area contributed by atoms with Crippen LogP contribution in [0.1, 0.15) is 51.0 Å². The molecule has 1 aliphatic rings. The Morgan fingerprint density at radius 2 is 2.16 bits per heavy atom. The van der Waals surface area contributed by atoms with E-state index in [0.29, 0.717) is 0 Å². The molecule has 0 unspecified atom stereocenters. The monoisotopic (exact) mass is 280 g/mol. The molecule has 2 nitrogen and oxygen atoms in total. The molecule has 1 N–H and O–H groups in total. The second-order valence-corrected chi connectivity index (χ2v) is 6.42. The van der Waals surface area contributed by atoms with E-state index in [1.54, 1.807) is 0 Å². The first kappa shape index (κ1) is 15.0. The molecule has 1 aliphatic carbocycles. The van der Waals surface area contributed by atoms with Crippen molar-refractivity contribution in [2.75, 3.05) is 19.6 Å². The third kappa shape index (κ3) is 6.07. The van der Waals surface area contributed by atoms with Crippen molar-refractivity contribution in [2.45, 2.75) is 58.0 Å². The molecule has 0 radical (unpaired) electrons. The molecule has 1 aromatic heterocycles. The summed E-state index contributed by atoms with van der Waals surface area (Å²) in [4.78, 5) is 2.65. The number of unbranched alkanes of at least 4 members (excludes halogenated alkanes) is 3. The predicted octanol–water partition coefficient (Wildman–Crippen LogP) is 3.88. The molecule has 19 heavy (non-hydrogen) atoms. The molecule has 0 atom stereocenters. The van der Waals surface area contributed by atoms with Crippen molar-refractivity contribution < 1.29 is 0 Å². The lowest BCUT2D eigenvalue weighted by atomic mass is 10.2. The van der Waals surface area contributed by atoms with Crippen LogP contribution in [0.2, 0.25) is 0 Å². The second-order valence-electron chi connectivity index (χ2n) is 5.64. The fraction of sp³-hybridized carbons (Fsp3) is 0.750. The van der Waals surface area contributed by atoms with Crippen LogP contribution in [0.4, 0.5) is 0 Å². The molecule has 1 fully saturated rings. The first-order valence-corrected chi connectivity index (χ1v) is 8.80. The molecule has 0 saturated heterocycles. The minimum Gasteiger partial charge on any atom is -0.315 e. The van der Waals surface area contributed by atoms with E-state index in [4.69, 9.17) is 0 Å². The summed E-state index contributed by atoms with van der Waals surface area (Å²) in [5.74, 6) is 0. The van der Waals surface area contributed by atoms with E-state index in [-0.39, 0.29) is 0 Å². The highest BCUT2D eigenvalue weighted by Crippen LogP contribution is 2.28. The first-order valence-electron chi connectivity index (χ1n) is 7.86. The third-order valence-corrected chi connectivity index (χ3v) is 4.54. The Bertz CT molecular complexity index is 319. The number of rotatable bonds is 11. The van der Waals surface area contributed by atoms with Gasteiger partial charge in [0.15, 0.2) is 0 Å². The van der Waals surface area contributed by atoms with Gasteiger partial charge in [-0.3, -0.25) is 4.90 Å². The summed E-state index contributed by atoms with van der Waals surface area (Å²) >= 11 is 1.81. The van der Waals surface area contributed by atoms with Gasteiger partial charge in [-0.2, -0.15) is 11.3 Å². The molecular weight excluding hydrogens is 252 g/mol. The van der Waals surface area contributed by atoms with Crippen LogP contribution in [-0.4, -0.2) is 30.6 Å². The van der Waals surface area contributed by atoms with E-state index in [1.807, 2.05) is 11.3 Å². The molecular formula is C16H28N2S. The quantitative estimate of drug-likeness (QED) is 0.619.